The summed E-state index contributed by atoms with van der Waals surface area (Å²) in [4.78, 5) is 25.7. The molecule has 2 aliphatic rings. The molecule has 1 atom stereocenters. The molecule has 5 nitrogen and oxygen atoms in total. The Kier molecular flexibility index (Phi) is 4.58. The van der Waals surface area contributed by atoms with E-state index in [0.29, 0.717) is 25.3 Å². The van der Waals surface area contributed by atoms with Gasteiger partial charge in [0.1, 0.15) is 6.04 Å². The van der Waals surface area contributed by atoms with Crippen LogP contribution >= 0.6 is 0 Å². The molecule has 0 aromatic carbocycles. The first-order valence-electron chi connectivity index (χ1n) is 6.86. The summed E-state index contributed by atoms with van der Waals surface area (Å²) in [6.07, 6.45) is 3.12. The van der Waals surface area contributed by atoms with Gasteiger partial charge in [0.05, 0.1) is 0 Å². The van der Waals surface area contributed by atoms with Crippen molar-refractivity contribution >= 4 is 11.8 Å². The molecule has 0 spiro atoms. The third-order valence-electron chi connectivity index (χ3n) is 3.78. The van der Waals surface area contributed by atoms with Crippen LogP contribution in [0.25, 0.3) is 0 Å². The van der Waals surface area contributed by atoms with Crippen molar-refractivity contribution in [3.63, 3.8) is 0 Å². The number of rotatable bonds is 3. The van der Waals surface area contributed by atoms with Gasteiger partial charge in [-0.25, -0.2) is 0 Å². The summed E-state index contributed by atoms with van der Waals surface area (Å²) < 4.78 is 5.33. The van der Waals surface area contributed by atoms with Gasteiger partial charge in [-0.2, -0.15) is 0 Å². The minimum atomic E-state index is -0.333. The summed E-state index contributed by atoms with van der Waals surface area (Å²) in [5, 5.41) is 2.79. The molecule has 2 aliphatic heterocycles. The first-order valence-corrected chi connectivity index (χ1v) is 6.86. The molecule has 0 aromatic heterocycles. The van der Waals surface area contributed by atoms with Gasteiger partial charge in [0, 0.05) is 32.7 Å². The topological polar surface area (TPSA) is 58.6 Å². The Morgan fingerprint density at radius 2 is 2.06 bits per heavy atom. The molecule has 102 valence electrons. The van der Waals surface area contributed by atoms with Crippen LogP contribution in [0.4, 0.5) is 0 Å². The maximum absolute atomic E-state index is 12.3. The zero-order valence-electron chi connectivity index (χ0n) is 11.0. The van der Waals surface area contributed by atoms with E-state index in [4.69, 9.17) is 4.74 Å². The number of nitrogens with zero attached hydrogens (tertiary/aromatic N) is 1. The molecular weight excluding hydrogens is 232 g/mol. The van der Waals surface area contributed by atoms with E-state index in [-0.39, 0.29) is 17.9 Å². The largest absolute Gasteiger partial charge is 0.381 e. The van der Waals surface area contributed by atoms with Crippen LogP contribution in [0, 0.1) is 5.92 Å². The Morgan fingerprint density at radius 3 is 2.72 bits per heavy atom. The number of carbonyl (C=O) groups excluding carboxylic acids is 2. The SMILES string of the molecule is CCC1NC(=O)CCN(CC2CCOCC2)C1=O. The number of hydrogen-bond donors (Lipinski definition) is 1. The van der Waals surface area contributed by atoms with E-state index in [2.05, 4.69) is 5.32 Å². The zero-order chi connectivity index (χ0) is 13.0. The number of ether oxygens (including phenoxy) is 1. The van der Waals surface area contributed by atoms with Crippen molar-refractivity contribution < 1.29 is 14.3 Å². The van der Waals surface area contributed by atoms with Crippen LogP contribution in [0.1, 0.15) is 32.6 Å². The highest BCUT2D eigenvalue weighted by Gasteiger charge is 2.30. The lowest BCUT2D eigenvalue weighted by atomic mass is 9.99. The van der Waals surface area contributed by atoms with Crippen LogP contribution in [-0.2, 0) is 14.3 Å². The molecule has 0 radical (unpaired) electrons. The zero-order valence-corrected chi connectivity index (χ0v) is 11.0. The van der Waals surface area contributed by atoms with E-state index in [1.807, 2.05) is 11.8 Å². The van der Waals surface area contributed by atoms with E-state index in [0.717, 1.165) is 32.6 Å². The summed E-state index contributed by atoms with van der Waals surface area (Å²) in [5.41, 5.74) is 0. The van der Waals surface area contributed by atoms with Crippen molar-refractivity contribution in [2.45, 2.75) is 38.6 Å². The molecule has 2 amide bonds. The smallest absolute Gasteiger partial charge is 0.245 e. The summed E-state index contributed by atoms with van der Waals surface area (Å²) in [6, 6.07) is -0.333. The van der Waals surface area contributed by atoms with Crippen LogP contribution in [0.2, 0.25) is 0 Å². The number of hydrogen-bond acceptors (Lipinski definition) is 3. The maximum Gasteiger partial charge on any atom is 0.245 e. The molecule has 0 saturated carbocycles. The van der Waals surface area contributed by atoms with E-state index in [9.17, 15) is 9.59 Å². The highest BCUT2D eigenvalue weighted by atomic mass is 16.5. The lowest BCUT2D eigenvalue weighted by Crippen LogP contribution is -2.46. The van der Waals surface area contributed by atoms with Gasteiger partial charge < -0.3 is 15.0 Å². The number of carbonyl (C=O) groups is 2. The lowest BCUT2D eigenvalue weighted by molar-refractivity contribution is -0.134. The number of nitrogens with one attached hydrogen (secondary N) is 1. The normalized spacial score (nSPS) is 26.9. The van der Waals surface area contributed by atoms with Gasteiger partial charge in [-0.1, -0.05) is 6.92 Å². The van der Waals surface area contributed by atoms with Crippen LogP contribution in [-0.4, -0.2) is 49.1 Å². The van der Waals surface area contributed by atoms with Gasteiger partial charge in [0.2, 0.25) is 11.8 Å². The van der Waals surface area contributed by atoms with Crippen molar-refractivity contribution in [3.05, 3.63) is 0 Å². The van der Waals surface area contributed by atoms with E-state index < -0.39 is 0 Å². The highest BCUT2D eigenvalue weighted by molar-refractivity contribution is 5.89. The van der Waals surface area contributed by atoms with Crippen LogP contribution in [0.15, 0.2) is 0 Å². The van der Waals surface area contributed by atoms with E-state index in [1.165, 1.54) is 0 Å². The summed E-state index contributed by atoms with van der Waals surface area (Å²) in [5.74, 6) is 0.591. The fourth-order valence-electron chi connectivity index (χ4n) is 2.59. The molecule has 2 heterocycles. The fraction of sp³-hybridized carbons (Fsp3) is 0.846. The van der Waals surface area contributed by atoms with Crippen molar-refractivity contribution in [2.75, 3.05) is 26.3 Å². The third-order valence-corrected chi connectivity index (χ3v) is 3.78. The Bertz CT molecular complexity index is 313. The Hall–Kier alpha value is -1.10. The van der Waals surface area contributed by atoms with Gasteiger partial charge in [0.25, 0.3) is 0 Å². The average molecular weight is 254 g/mol. The predicted octanol–water partition coefficient (Wildman–Crippen LogP) is 0.540. The van der Waals surface area contributed by atoms with Crippen molar-refractivity contribution in [3.8, 4) is 0 Å². The van der Waals surface area contributed by atoms with Gasteiger partial charge in [0.15, 0.2) is 0 Å². The molecular formula is C13H22N2O3. The first kappa shape index (κ1) is 13.3. The minimum absolute atomic E-state index is 0.00956. The standard InChI is InChI=1S/C13H22N2O3/c1-2-11-13(17)15(6-3-12(16)14-11)9-10-4-7-18-8-5-10/h10-11H,2-9H2,1H3,(H,14,16). The quantitative estimate of drug-likeness (QED) is 0.799. The molecule has 5 heteroatoms. The van der Waals surface area contributed by atoms with Crippen LogP contribution < -0.4 is 5.32 Å². The molecule has 2 saturated heterocycles. The molecule has 0 aliphatic carbocycles. The predicted molar refractivity (Wildman–Crippen MR) is 67.0 cm³/mol. The van der Waals surface area contributed by atoms with E-state index >= 15 is 0 Å². The molecule has 2 rings (SSSR count). The van der Waals surface area contributed by atoms with Gasteiger partial charge >= 0.3 is 0 Å². The van der Waals surface area contributed by atoms with Crippen molar-refractivity contribution in [1.29, 1.82) is 0 Å². The summed E-state index contributed by atoms with van der Waals surface area (Å²) in [7, 11) is 0. The second-order valence-electron chi connectivity index (χ2n) is 5.12. The second kappa shape index (κ2) is 6.18. The lowest BCUT2D eigenvalue weighted by Gasteiger charge is -2.30. The second-order valence-corrected chi connectivity index (χ2v) is 5.12. The third kappa shape index (κ3) is 3.22. The highest BCUT2D eigenvalue weighted by Crippen LogP contribution is 2.18. The Labute approximate surface area is 108 Å². The molecule has 18 heavy (non-hydrogen) atoms. The minimum Gasteiger partial charge on any atom is -0.381 e. The van der Waals surface area contributed by atoms with Crippen LogP contribution in [0.5, 0.6) is 0 Å². The van der Waals surface area contributed by atoms with Crippen molar-refractivity contribution in [1.82, 2.24) is 10.2 Å². The average Bonchev–Trinajstić information content (AvgIpc) is 2.53. The molecule has 1 N–H and O–H groups in total. The summed E-state index contributed by atoms with van der Waals surface area (Å²) in [6.45, 7) is 4.84. The Balaban J connectivity index is 1.96. The molecule has 0 bridgehead atoms. The number of amides is 2. The Morgan fingerprint density at radius 1 is 1.33 bits per heavy atom. The fourth-order valence-corrected chi connectivity index (χ4v) is 2.59. The summed E-state index contributed by atoms with van der Waals surface area (Å²) >= 11 is 0. The first-order chi connectivity index (χ1) is 8.70. The van der Waals surface area contributed by atoms with Crippen molar-refractivity contribution in [2.24, 2.45) is 5.92 Å². The van der Waals surface area contributed by atoms with Crippen LogP contribution in [0.3, 0.4) is 0 Å². The monoisotopic (exact) mass is 254 g/mol. The van der Waals surface area contributed by atoms with Gasteiger partial charge in [-0.15, -0.1) is 0 Å². The van der Waals surface area contributed by atoms with Gasteiger partial charge in [-0.3, -0.25) is 9.59 Å². The molecule has 1 unspecified atom stereocenters. The molecule has 0 aromatic rings. The molecule has 2 fully saturated rings. The van der Waals surface area contributed by atoms with E-state index in [1.54, 1.807) is 0 Å². The maximum atomic E-state index is 12.3. The van der Waals surface area contributed by atoms with Gasteiger partial charge in [-0.05, 0) is 25.2 Å².